The molecule has 3 rings (SSSR count). The van der Waals surface area contributed by atoms with Gasteiger partial charge in [0.05, 0.1) is 0 Å². The largest absolute Gasteiger partial charge is 0.490 e. The quantitative estimate of drug-likeness (QED) is 0.496. The van der Waals surface area contributed by atoms with E-state index < -0.39 is 0 Å². The zero-order chi connectivity index (χ0) is 20.5. The van der Waals surface area contributed by atoms with E-state index in [9.17, 15) is 4.79 Å². The SMILES string of the molecule is Cc1cc(Cl)ccc1OCC(=O)Nc1cccc(OCCOc2ccccc2)c1. The lowest BCUT2D eigenvalue weighted by Gasteiger charge is -2.11. The summed E-state index contributed by atoms with van der Waals surface area (Å²) in [5.41, 5.74) is 1.51. The zero-order valence-electron chi connectivity index (χ0n) is 16.1. The molecule has 0 unspecified atom stereocenters. The molecule has 0 bridgehead atoms. The minimum Gasteiger partial charge on any atom is -0.490 e. The van der Waals surface area contributed by atoms with Crippen molar-refractivity contribution in [1.29, 1.82) is 0 Å². The number of amides is 1. The van der Waals surface area contributed by atoms with Crippen LogP contribution < -0.4 is 19.5 Å². The summed E-state index contributed by atoms with van der Waals surface area (Å²) >= 11 is 5.92. The van der Waals surface area contributed by atoms with Crippen molar-refractivity contribution < 1.29 is 19.0 Å². The Morgan fingerprint density at radius 2 is 1.59 bits per heavy atom. The van der Waals surface area contributed by atoms with E-state index in [0.29, 0.717) is 35.4 Å². The second-order valence-corrected chi connectivity index (χ2v) is 6.72. The molecule has 6 heteroatoms. The Morgan fingerprint density at radius 3 is 2.34 bits per heavy atom. The van der Waals surface area contributed by atoms with Crippen LogP contribution in [0.3, 0.4) is 0 Å². The van der Waals surface area contributed by atoms with E-state index in [1.54, 1.807) is 30.3 Å². The predicted molar refractivity (Wildman–Crippen MR) is 114 cm³/mol. The molecule has 0 aromatic heterocycles. The lowest BCUT2D eigenvalue weighted by Crippen LogP contribution is -2.20. The monoisotopic (exact) mass is 411 g/mol. The minimum absolute atomic E-state index is 0.0987. The summed E-state index contributed by atoms with van der Waals surface area (Å²) in [5.74, 6) is 1.81. The van der Waals surface area contributed by atoms with E-state index in [-0.39, 0.29) is 12.5 Å². The third-order valence-corrected chi connectivity index (χ3v) is 4.21. The summed E-state index contributed by atoms with van der Waals surface area (Å²) in [5, 5.41) is 3.43. The third kappa shape index (κ3) is 6.73. The van der Waals surface area contributed by atoms with Crippen LogP contribution in [0.5, 0.6) is 17.2 Å². The Balaban J connectivity index is 1.44. The fourth-order valence-corrected chi connectivity index (χ4v) is 2.84. The van der Waals surface area contributed by atoms with Crippen LogP contribution in [-0.4, -0.2) is 25.7 Å². The molecule has 29 heavy (non-hydrogen) atoms. The first-order valence-corrected chi connectivity index (χ1v) is 9.57. The van der Waals surface area contributed by atoms with Crippen LogP contribution in [0.2, 0.25) is 5.02 Å². The summed E-state index contributed by atoms with van der Waals surface area (Å²) < 4.78 is 16.8. The number of benzene rings is 3. The van der Waals surface area contributed by atoms with Gasteiger partial charge in [0.15, 0.2) is 6.61 Å². The number of hydrogen-bond donors (Lipinski definition) is 1. The summed E-state index contributed by atoms with van der Waals surface area (Å²) in [7, 11) is 0. The normalized spacial score (nSPS) is 10.3. The van der Waals surface area contributed by atoms with E-state index in [2.05, 4.69) is 5.32 Å². The molecule has 1 N–H and O–H groups in total. The van der Waals surface area contributed by atoms with Gasteiger partial charge in [-0.3, -0.25) is 4.79 Å². The molecule has 0 spiro atoms. The number of carbonyl (C=O) groups excluding carboxylic acids is 1. The Hall–Kier alpha value is -3.18. The molecule has 0 heterocycles. The maximum Gasteiger partial charge on any atom is 0.262 e. The van der Waals surface area contributed by atoms with Gasteiger partial charge in [0.1, 0.15) is 30.5 Å². The van der Waals surface area contributed by atoms with E-state index >= 15 is 0 Å². The Kier molecular flexibility index (Phi) is 7.36. The second kappa shape index (κ2) is 10.4. The van der Waals surface area contributed by atoms with Gasteiger partial charge in [-0.2, -0.15) is 0 Å². The average molecular weight is 412 g/mol. The van der Waals surface area contributed by atoms with E-state index in [0.717, 1.165) is 11.3 Å². The van der Waals surface area contributed by atoms with Gasteiger partial charge < -0.3 is 19.5 Å². The number of rotatable bonds is 9. The van der Waals surface area contributed by atoms with Gasteiger partial charge in [-0.05, 0) is 55.0 Å². The van der Waals surface area contributed by atoms with Gasteiger partial charge in [0.25, 0.3) is 5.91 Å². The van der Waals surface area contributed by atoms with Crippen molar-refractivity contribution in [3.05, 3.63) is 83.4 Å². The first-order valence-electron chi connectivity index (χ1n) is 9.20. The van der Waals surface area contributed by atoms with Crippen LogP contribution in [0.4, 0.5) is 5.69 Å². The van der Waals surface area contributed by atoms with Crippen molar-refractivity contribution in [3.63, 3.8) is 0 Å². The minimum atomic E-state index is -0.260. The van der Waals surface area contributed by atoms with E-state index in [4.69, 9.17) is 25.8 Å². The van der Waals surface area contributed by atoms with Crippen molar-refractivity contribution in [3.8, 4) is 17.2 Å². The standard InChI is InChI=1S/C23H22ClNO4/c1-17-14-18(24)10-11-22(17)29-16-23(26)25-19-6-5-9-21(15-19)28-13-12-27-20-7-3-2-4-8-20/h2-11,14-15H,12-13,16H2,1H3,(H,25,26). The van der Waals surface area contributed by atoms with Crippen LogP contribution in [0.25, 0.3) is 0 Å². The molecule has 150 valence electrons. The first kappa shape index (κ1) is 20.6. The fraction of sp³-hybridized carbons (Fsp3) is 0.174. The average Bonchev–Trinajstić information content (AvgIpc) is 2.72. The van der Waals surface area contributed by atoms with Crippen molar-refractivity contribution in [1.82, 2.24) is 0 Å². The highest BCUT2D eigenvalue weighted by molar-refractivity contribution is 6.30. The molecule has 1 amide bonds. The highest BCUT2D eigenvalue weighted by Gasteiger charge is 2.07. The molecule has 3 aromatic carbocycles. The van der Waals surface area contributed by atoms with Crippen LogP contribution in [-0.2, 0) is 4.79 Å². The Bertz CT molecular complexity index is 947. The highest BCUT2D eigenvalue weighted by atomic mass is 35.5. The summed E-state index contributed by atoms with van der Waals surface area (Å²) in [6.45, 7) is 2.60. The summed E-state index contributed by atoms with van der Waals surface area (Å²) in [4.78, 5) is 12.2. The van der Waals surface area contributed by atoms with Crippen molar-refractivity contribution in [2.45, 2.75) is 6.92 Å². The topological polar surface area (TPSA) is 56.8 Å². The maximum absolute atomic E-state index is 12.2. The number of halogens is 1. The van der Waals surface area contributed by atoms with Gasteiger partial charge in [-0.15, -0.1) is 0 Å². The second-order valence-electron chi connectivity index (χ2n) is 6.28. The molecule has 0 radical (unpaired) electrons. The summed E-state index contributed by atoms with van der Waals surface area (Å²) in [6.07, 6.45) is 0. The predicted octanol–water partition coefficient (Wildman–Crippen LogP) is 5.12. The van der Waals surface area contributed by atoms with Gasteiger partial charge >= 0.3 is 0 Å². The fourth-order valence-electron chi connectivity index (χ4n) is 2.61. The maximum atomic E-state index is 12.2. The number of carbonyl (C=O) groups is 1. The van der Waals surface area contributed by atoms with Crippen molar-refractivity contribution >= 4 is 23.2 Å². The van der Waals surface area contributed by atoms with Crippen LogP contribution in [0.1, 0.15) is 5.56 Å². The Morgan fingerprint density at radius 1 is 0.862 bits per heavy atom. The van der Waals surface area contributed by atoms with Gasteiger partial charge in [-0.1, -0.05) is 35.9 Å². The number of para-hydroxylation sites is 1. The Labute approximate surface area is 175 Å². The van der Waals surface area contributed by atoms with E-state index in [1.807, 2.05) is 49.4 Å². The van der Waals surface area contributed by atoms with Crippen molar-refractivity contribution in [2.24, 2.45) is 0 Å². The number of hydrogen-bond acceptors (Lipinski definition) is 4. The zero-order valence-corrected chi connectivity index (χ0v) is 16.8. The van der Waals surface area contributed by atoms with Gasteiger partial charge in [-0.25, -0.2) is 0 Å². The molecule has 3 aromatic rings. The van der Waals surface area contributed by atoms with E-state index in [1.165, 1.54) is 0 Å². The molecule has 0 aliphatic heterocycles. The van der Waals surface area contributed by atoms with Crippen LogP contribution in [0, 0.1) is 6.92 Å². The molecule has 0 saturated carbocycles. The number of anilines is 1. The van der Waals surface area contributed by atoms with Gasteiger partial charge in [0.2, 0.25) is 0 Å². The molecule has 5 nitrogen and oxygen atoms in total. The van der Waals surface area contributed by atoms with Gasteiger partial charge in [0, 0.05) is 16.8 Å². The third-order valence-electron chi connectivity index (χ3n) is 3.98. The molecule has 0 fully saturated rings. The van der Waals surface area contributed by atoms with Crippen LogP contribution in [0.15, 0.2) is 72.8 Å². The first-order chi connectivity index (χ1) is 14.1. The lowest BCUT2D eigenvalue weighted by atomic mass is 10.2. The van der Waals surface area contributed by atoms with Crippen molar-refractivity contribution in [2.75, 3.05) is 25.1 Å². The molecular weight excluding hydrogens is 390 g/mol. The molecule has 0 aliphatic carbocycles. The highest BCUT2D eigenvalue weighted by Crippen LogP contribution is 2.22. The lowest BCUT2D eigenvalue weighted by molar-refractivity contribution is -0.118. The molecule has 0 atom stereocenters. The number of nitrogens with one attached hydrogen (secondary N) is 1. The number of aryl methyl sites for hydroxylation is 1. The summed E-state index contributed by atoms with van der Waals surface area (Å²) in [6, 6.07) is 22.0. The van der Waals surface area contributed by atoms with Crippen LogP contribution >= 0.6 is 11.6 Å². The molecule has 0 saturated heterocycles. The molecule has 0 aliphatic rings. The molecular formula is C23H22ClNO4. The smallest absolute Gasteiger partial charge is 0.262 e. The number of ether oxygens (including phenoxy) is 3.